The highest BCUT2D eigenvalue weighted by Crippen LogP contribution is 2.52. The minimum atomic E-state index is -0.209. The van der Waals surface area contributed by atoms with Crippen molar-refractivity contribution >= 4 is 40.2 Å². The highest BCUT2D eigenvalue weighted by Gasteiger charge is 2.37. The van der Waals surface area contributed by atoms with Gasteiger partial charge in [-0.05, 0) is 137 Å². The van der Waals surface area contributed by atoms with E-state index < -0.39 is 0 Å². The number of hydrogen-bond donors (Lipinski definition) is 0. The summed E-state index contributed by atoms with van der Waals surface area (Å²) in [5, 5.41) is 0. The van der Waals surface area contributed by atoms with E-state index in [4.69, 9.17) is 0 Å². The summed E-state index contributed by atoms with van der Waals surface area (Å²) < 4.78 is 0. The van der Waals surface area contributed by atoms with Crippen molar-refractivity contribution in [2.75, 3.05) is 9.80 Å². The van der Waals surface area contributed by atoms with E-state index >= 15 is 0 Å². The fraction of sp³-hybridized carbons (Fsp3) is 0.154. The first-order valence-electron chi connectivity index (χ1n) is 19.0. The third-order valence-corrected chi connectivity index (χ3v) is 11.4. The number of aryl methyl sites for hydroxylation is 2. The number of para-hydroxylation sites is 1. The molecule has 7 aromatic carbocycles. The maximum absolute atomic E-state index is 3.93. The first-order valence-corrected chi connectivity index (χ1v) is 19.0. The van der Waals surface area contributed by atoms with Gasteiger partial charge in [-0.3, -0.25) is 0 Å². The Morgan fingerprint density at radius 2 is 0.870 bits per heavy atom. The summed E-state index contributed by atoms with van der Waals surface area (Å²) >= 11 is 0. The molecule has 0 aliphatic heterocycles. The Morgan fingerprint density at radius 3 is 1.33 bits per heavy atom. The molecule has 0 heterocycles. The van der Waals surface area contributed by atoms with E-state index in [9.17, 15) is 0 Å². The van der Waals surface area contributed by atoms with Crippen LogP contribution in [0.2, 0.25) is 0 Å². The summed E-state index contributed by atoms with van der Waals surface area (Å²) in [5.74, 6) is 0. The molecule has 7 aromatic rings. The van der Waals surface area contributed by atoms with Gasteiger partial charge in [-0.15, -0.1) is 0 Å². The third-order valence-electron chi connectivity index (χ3n) is 11.4. The van der Waals surface area contributed by atoms with Gasteiger partial charge >= 0.3 is 0 Å². The lowest BCUT2D eigenvalue weighted by molar-refractivity contribution is 0.641. The van der Waals surface area contributed by atoms with Crippen LogP contribution in [-0.4, -0.2) is 0 Å². The molecular weight excluding hydrogens is 653 g/mol. The molecule has 0 aromatic heterocycles. The second-order valence-electron chi connectivity index (χ2n) is 15.8. The molecule has 2 heteroatoms. The minimum Gasteiger partial charge on any atom is -0.310 e. The standard InChI is InChI=1S/C52H48N2/c1-8-38-20-22-39(23-21-38)51(4,5)40-24-26-42(27-25-40)54(44-19-13-15-37(3)33-44)46-29-31-48-47-30-28-45(34-49(47)52(6,7)50(48)35-46)53(41-16-10-9-11-17-41)43-18-12-14-36(2)32-43/h8-35H,1H2,2-7H3. The first-order chi connectivity index (χ1) is 26.0. The monoisotopic (exact) mass is 700 g/mol. The second kappa shape index (κ2) is 13.7. The van der Waals surface area contributed by atoms with Crippen LogP contribution >= 0.6 is 0 Å². The van der Waals surface area contributed by atoms with Gasteiger partial charge < -0.3 is 9.80 Å². The van der Waals surface area contributed by atoms with Crippen molar-refractivity contribution in [1.82, 2.24) is 0 Å². The molecule has 8 rings (SSSR count). The summed E-state index contributed by atoms with van der Waals surface area (Å²) in [6, 6.07) is 60.2. The summed E-state index contributed by atoms with van der Waals surface area (Å²) in [7, 11) is 0. The van der Waals surface area contributed by atoms with Crippen molar-refractivity contribution in [2.45, 2.75) is 52.4 Å². The van der Waals surface area contributed by atoms with Crippen LogP contribution in [0.1, 0.15) is 66.6 Å². The Morgan fingerprint density at radius 1 is 0.463 bits per heavy atom. The maximum atomic E-state index is 3.93. The third kappa shape index (κ3) is 6.22. The number of hydrogen-bond acceptors (Lipinski definition) is 2. The molecule has 0 atom stereocenters. The van der Waals surface area contributed by atoms with E-state index in [-0.39, 0.29) is 10.8 Å². The van der Waals surface area contributed by atoms with Crippen molar-refractivity contribution in [2.24, 2.45) is 0 Å². The number of rotatable bonds is 9. The van der Waals surface area contributed by atoms with E-state index in [0.717, 1.165) is 39.7 Å². The fourth-order valence-electron chi connectivity index (χ4n) is 8.23. The first kappa shape index (κ1) is 34.9. The number of nitrogens with zero attached hydrogens (tertiary/aromatic N) is 2. The Kier molecular flexibility index (Phi) is 8.86. The van der Waals surface area contributed by atoms with Crippen molar-refractivity contribution in [1.29, 1.82) is 0 Å². The lowest BCUT2D eigenvalue weighted by Gasteiger charge is -2.30. The second-order valence-corrected chi connectivity index (χ2v) is 15.8. The minimum absolute atomic E-state index is 0.149. The molecule has 0 radical (unpaired) electrons. The van der Waals surface area contributed by atoms with Gasteiger partial charge in [0.15, 0.2) is 0 Å². The summed E-state index contributed by atoms with van der Waals surface area (Å²) in [4.78, 5) is 4.78. The number of anilines is 6. The Labute approximate surface area is 321 Å². The quantitative estimate of drug-likeness (QED) is 0.148. The Bertz CT molecular complexity index is 2470. The van der Waals surface area contributed by atoms with E-state index in [1.807, 2.05) is 6.08 Å². The molecule has 0 bridgehead atoms. The zero-order chi connectivity index (χ0) is 37.6. The lowest BCUT2D eigenvalue weighted by Crippen LogP contribution is -2.19. The Hall–Kier alpha value is -6.12. The van der Waals surface area contributed by atoms with Crippen LogP contribution in [0, 0.1) is 13.8 Å². The summed E-state index contributed by atoms with van der Waals surface area (Å²) in [6.45, 7) is 17.6. The smallest absolute Gasteiger partial charge is 0.0465 e. The summed E-state index contributed by atoms with van der Waals surface area (Å²) in [6.07, 6.45) is 1.90. The highest BCUT2D eigenvalue weighted by atomic mass is 15.1. The van der Waals surface area contributed by atoms with Gasteiger partial charge in [0, 0.05) is 45.0 Å². The fourth-order valence-corrected chi connectivity index (χ4v) is 8.23. The maximum Gasteiger partial charge on any atom is 0.0465 e. The lowest BCUT2D eigenvalue weighted by atomic mass is 9.78. The average molecular weight is 701 g/mol. The molecule has 1 aliphatic rings. The van der Waals surface area contributed by atoms with Crippen LogP contribution < -0.4 is 9.80 Å². The van der Waals surface area contributed by atoms with Crippen molar-refractivity contribution < 1.29 is 0 Å². The predicted molar refractivity (Wildman–Crippen MR) is 232 cm³/mol. The van der Waals surface area contributed by atoms with E-state index in [2.05, 4.69) is 222 Å². The molecule has 266 valence electrons. The molecule has 54 heavy (non-hydrogen) atoms. The molecule has 1 aliphatic carbocycles. The number of benzene rings is 7. The molecule has 2 nitrogen and oxygen atoms in total. The highest BCUT2D eigenvalue weighted by molar-refractivity contribution is 5.88. The van der Waals surface area contributed by atoms with Gasteiger partial charge in [-0.25, -0.2) is 0 Å². The van der Waals surface area contributed by atoms with Crippen LogP contribution in [0.3, 0.4) is 0 Å². The topological polar surface area (TPSA) is 6.48 Å². The predicted octanol–water partition coefficient (Wildman–Crippen LogP) is 14.5. The SMILES string of the molecule is C=Cc1ccc(C(C)(C)c2ccc(N(c3cccc(C)c3)c3ccc4c(c3)C(C)(C)c3cc(N(c5ccccc5)c5cccc(C)c5)ccc3-4)cc2)cc1. The van der Waals surface area contributed by atoms with Gasteiger partial charge in [0.25, 0.3) is 0 Å². The zero-order valence-corrected chi connectivity index (χ0v) is 32.3. The van der Waals surface area contributed by atoms with Crippen LogP contribution in [0.15, 0.2) is 170 Å². The molecular formula is C52H48N2. The van der Waals surface area contributed by atoms with Gasteiger partial charge in [0.2, 0.25) is 0 Å². The van der Waals surface area contributed by atoms with E-state index in [0.29, 0.717) is 0 Å². The normalized spacial score (nSPS) is 12.9. The molecule has 0 saturated carbocycles. The van der Waals surface area contributed by atoms with Crippen LogP contribution in [0.5, 0.6) is 0 Å². The molecule has 0 saturated heterocycles. The van der Waals surface area contributed by atoms with Gasteiger partial charge in [-0.1, -0.05) is 131 Å². The van der Waals surface area contributed by atoms with E-state index in [1.165, 1.54) is 44.5 Å². The molecule has 0 spiro atoms. The van der Waals surface area contributed by atoms with Crippen molar-refractivity contribution in [3.8, 4) is 11.1 Å². The van der Waals surface area contributed by atoms with Gasteiger partial charge in [0.05, 0.1) is 0 Å². The summed E-state index contributed by atoms with van der Waals surface area (Å²) in [5.41, 5.74) is 18.0. The van der Waals surface area contributed by atoms with Crippen LogP contribution in [-0.2, 0) is 10.8 Å². The van der Waals surface area contributed by atoms with E-state index in [1.54, 1.807) is 0 Å². The van der Waals surface area contributed by atoms with Crippen molar-refractivity contribution in [3.63, 3.8) is 0 Å². The largest absolute Gasteiger partial charge is 0.310 e. The number of fused-ring (bicyclic) bond motifs is 3. The van der Waals surface area contributed by atoms with Crippen LogP contribution in [0.4, 0.5) is 34.1 Å². The van der Waals surface area contributed by atoms with Gasteiger partial charge in [0.1, 0.15) is 0 Å². The molecule has 0 amide bonds. The van der Waals surface area contributed by atoms with Crippen molar-refractivity contribution in [3.05, 3.63) is 209 Å². The molecule has 0 N–H and O–H groups in total. The Balaban J connectivity index is 1.19. The zero-order valence-electron chi connectivity index (χ0n) is 32.3. The molecule has 0 unspecified atom stereocenters. The average Bonchev–Trinajstić information content (AvgIpc) is 3.41. The van der Waals surface area contributed by atoms with Gasteiger partial charge in [-0.2, -0.15) is 0 Å². The molecule has 0 fully saturated rings. The van der Waals surface area contributed by atoms with Crippen LogP contribution in [0.25, 0.3) is 17.2 Å².